The zero-order valence-electron chi connectivity index (χ0n) is 12.6. The molecule has 0 spiro atoms. The molecule has 1 N–H and O–H groups in total. The van der Waals surface area contributed by atoms with Crippen LogP contribution in [0.1, 0.15) is 43.5 Å². The first-order chi connectivity index (χ1) is 9.71. The van der Waals surface area contributed by atoms with E-state index in [2.05, 4.69) is 24.3 Å². The van der Waals surface area contributed by atoms with Crippen LogP contribution in [0.5, 0.6) is 5.75 Å². The van der Waals surface area contributed by atoms with Gasteiger partial charge in [0.25, 0.3) is 0 Å². The molecule has 2 rings (SSSR count). The Morgan fingerprint density at radius 2 is 2.20 bits per heavy atom. The molecule has 5 nitrogen and oxygen atoms in total. The second-order valence-corrected chi connectivity index (χ2v) is 4.75. The fourth-order valence-electron chi connectivity index (χ4n) is 2.31. The number of methoxy groups -OCH3 is 1. The summed E-state index contributed by atoms with van der Waals surface area (Å²) in [6, 6.07) is 3.95. The highest BCUT2D eigenvalue weighted by molar-refractivity contribution is 5.33. The highest BCUT2D eigenvalue weighted by Gasteiger charge is 2.25. The van der Waals surface area contributed by atoms with Crippen molar-refractivity contribution in [1.82, 2.24) is 15.1 Å². The third-order valence-electron chi connectivity index (χ3n) is 3.28. The van der Waals surface area contributed by atoms with Gasteiger partial charge in [0.15, 0.2) is 5.75 Å². The standard InChI is InChI=1S/C15H23N3O2/c1-5-9-16-14(12-8-7-11(3)20-12)15-13(19-4)10-17-18(15)6-2/h7-8,10,14,16H,5-6,9H2,1-4H3. The minimum Gasteiger partial charge on any atom is -0.493 e. The van der Waals surface area contributed by atoms with E-state index in [9.17, 15) is 0 Å². The number of hydrogen-bond acceptors (Lipinski definition) is 4. The molecule has 2 aromatic heterocycles. The second-order valence-electron chi connectivity index (χ2n) is 4.75. The van der Waals surface area contributed by atoms with Gasteiger partial charge >= 0.3 is 0 Å². The molecule has 0 aliphatic heterocycles. The number of aromatic nitrogens is 2. The molecule has 2 heterocycles. The van der Waals surface area contributed by atoms with Crippen molar-refractivity contribution in [2.75, 3.05) is 13.7 Å². The van der Waals surface area contributed by atoms with E-state index in [0.717, 1.165) is 42.5 Å². The number of ether oxygens (including phenoxy) is 1. The van der Waals surface area contributed by atoms with Crippen molar-refractivity contribution in [1.29, 1.82) is 0 Å². The average molecular weight is 277 g/mol. The Kier molecular flexibility index (Phi) is 4.84. The highest BCUT2D eigenvalue weighted by Crippen LogP contribution is 2.31. The van der Waals surface area contributed by atoms with Crippen molar-refractivity contribution in [3.8, 4) is 5.75 Å². The van der Waals surface area contributed by atoms with Gasteiger partial charge in [-0.2, -0.15) is 5.10 Å². The van der Waals surface area contributed by atoms with E-state index in [0.29, 0.717) is 0 Å². The first-order valence-electron chi connectivity index (χ1n) is 7.10. The Morgan fingerprint density at radius 1 is 1.40 bits per heavy atom. The molecule has 0 saturated heterocycles. The molecule has 0 aromatic carbocycles. The molecule has 20 heavy (non-hydrogen) atoms. The number of nitrogens with zero attached hydrogens (tertiary/aromatic N) is 2. The summed E-state index contributed by atoms with van der Waals surface area (Å²) in [7, 11) is 1.67. The zero-order chi connectivity index (χ0) is 14.5. The van der Waals surface area contributed by atoms with Crippen LogP contribution < -0.4 is 10.1 Å². The van der Waals surface area contributed by atoms with Crippen LogP contribution in [0.15, 0.2) is 22.7 Å². The summed E-state index contributed by atoms with van der Waals surface area (Å²) < 4.78 is 13.2. The van der Waals surface area contributed by atoms with Gasteiger partial charge in [-0.15, -0.1) is 0 Å². The van der Waals surface area contributed by atoms with Crippen LogP contribution in [-0.4, -0.2) is 23.4 Å². The highest BCUT2D eigenvalue weighted by atomic mass is 16.5. The smallest absolute Gasteiger partial charge is 0.162 e. The molecule has 1 atom stereocenters. The summed E-state index contributed by atoms with van der Waals surface area (Å²) in [6.07, 6.45) is 2.81. The number of furan rings is 1. The third kappa shape index (κ3) is 2.88. The van der Waals surface area contributed by atoms with Gasteiger partial charge in [0.1, 0.15) is 23.3 Å². The Morgan fingerprint density at radius 3 is 2.75 bits per heavy atom. The predicted octanol–water partition coefficient (Wildman–Crippen LogP) is 2.90. The van der Waals surface area contributed by atoms with Crippen LogP contribution in [0.4, 0.5) is 0 Å². The minimum absolute atomic E-state index is 0.0407. The van der Waals surface area contributed by atoms with Crippen LogP contribution in [0.3, 0.4) is 0 Å². The normalized spacial score (nSPS) is 12.6. The predicted molar refractivity (Wildman–Crippen MR) is 78.0 cm³/mol. The van der Waals surface area contributed by atoms with Gasteiger partial charge < -0.3 is 14.5 Å². The molecule has 5 heteroatoms. The van der Waals surface area contributed by atoms with Crippen LogP contribution in [-0.2, 0) is 6.54 Å². The first-order valence-corrected chi connectivity index (χ1v) is 7.10. The molecular formula is C15H23N3O2. The molecule has 0 aliphatic rings. The number of aryl methyl sites for hydroxylation is 2. The lowest BCUT2D eigenvalue weighted by molar-refractivity contribution is 0.378. The summed E-state index contributed by atoms with van der Waals surface area (Å²) in [4.78, 5) is 0. The Labute approximate surface area is 119 Å². The molecule has 0 amide bonds. The minimum atomic E-state index is -0.0407. The zero-order valence-corrected chi connectivity index (χ0v) is 12.6. The third-order valence-corrected chi connectivity index (χ3v) is 3.28. The van der Waals surface area contributed by atoms with Gasteiger partial charge in [0.05, 0.1) is 13.3 Å². The van der Waals surface area contributed by atoms with Crippen molar-refractivity contribution >= 4 is 0 Å². The maximum absolute atomic E-state index is 5.81. The van der Waals surface area contributed by atoms with Gasteiger partial charge in [0.2, 0.25) is 0 Å². The average Bonchev–Trinajstić information content (AvgIpc) is 3.06. The monoisotopic (exact) mass is 277 g/mol. The molecule has 0 aliphatic carbocycles. The number of nitrogens with one attached hydrogen (secondary N) is 1. The summed E-state index contributed by atoms with van der Waals surface area (Å²) in [5.41, 5.74) is 1.01. The molecule has 0 saturated carbocycles. The SMILES string of the molecule is CCCNC(c1ccc(C)o1)c1c(OC)cnn1CC. The van der Waals surface area contributed by atoms with Crippen LogP contribution in [0.2, 0.25) is 0 Å². The second kappa shape index (κ2) is 6.61. The van der Waals surface area contributed by atoms with Gasteiger partial charge in [-0.05, 0) is 38.9 Å². The van der Waals surface area contributed by atoms with Crippen LogP contribution in [0.25, 0.3) is 0 Å². The van der Waals surface area contributed by atoms with Crippen molar-refractivity contribution in [2.24, 2.45) is 0 Å². The van der Waals surface area contributed by atoms with E-state index >= 15 is 0 Å². The van der Waals surface area contributed by atoms with Gasteiger partial charge in [-0.25, -0.2) is 0 Å². The first kappa shape index (κ1) is 14.7. The quantitative estimate of drug-likeness (QED) is 0.845. The Hall–Kier alpha value is -1.75. The van der Waals surface area contributed by atoms with Crippen molar-refractivity contribution in [3.63, 3.8) is 0 Å². The van der Waals surface area contributed by atoms with E-state index in [1.54, 1.807) is 13.3 Å². The van der Waals surface area contributed by atoms with Gasteiger partial charge in [0, 0.05) is 6.54 Å². The van der Waals surface area contributed by atoms with Crippen molar-refractivity contribution in [2.45, 2.75) is 39.8 Å². The molecule has 2 aromatic rings. The van der Waals surface area contributed by atoms with E-state index < -0.39 is 0 Å². The van der Waals surface area contributed by atoms with Crippen LogP contribution >= 0.6 is 0 Å². The Balaban J connectivity index is 2.42. The Bertz CT molecular complexity index is 524. The molecule has 1 unspecified atom stereocenters. The molecule has 0 bridgehead atoms. The van der Waals surface area contributed by atoms with E-state index in [-0.39, 0.29) is 6.04 Å². The maximum atomic E-state index is 5.81. The summed E-state index contributed by atoms with van der Waals surface area (Å²) in [6.45, 7) is 7.87. The number of hydrogen-bond donors (Lipinski definition) is 1. The summed E-state index contributed by atoms with van der Waals surface area (Å²) >= 11 is 0. The molecule has 110 valence electrons. The fraction of sp³-hybridized carbons (Fsp3) is 0.533. The van der Waals surface area contributed by atoms with E-state index in [1.165, 1.54) is 0 Å². The van der Waals surface area contributed by atoms with Crippen molar-refractivity contribution < 1.29 is 9.15 Å². The summed E-state index contributed by atoms with van der Waals surface area (Å²) in [5.74, 6) is 2.59. The lowest BCUT2D eigenvalue weighted by Gasteiger charge is -2.19. The van der Waals surface area contributed by atoms with Gasteiger partial charge in [-0.1, -0.05) is 6.92 Å². The van der Waals surface area contributed by atoms with E-state index in [4.69, 9.17) is 9.15 Å². The van der Waals surface area contributed by atoms with Crippen LogP contribution in [0, 0.1) is 6.92 Å². The summed E-state index contributed by atoms with van der Waals surface area (Å²) in [5, 5.41) is 7.89. The lowest BCUT2D eigenvalue weighted by Crippen LogP contribution is -2.26. The maximum Gasteiger partial charge on any atom is 0.162 e. The van der Waals surface area contributed by atoms with Crippen molar-refractivity contribution in [3.05, 3.63) is 35.5 Å². The number of rotatable bonds is 7. The largest absolute Gasteiger partial charge is 0.493 e. The molecular weight excluding hydrogens is 254 g/mol. The molecule has 0 fully saturated rings. The molecule has 0 radical (unpaired) electrons. The van der Waals surface area contributed by atoms with Gasteiger partial charge in [-0.3, -0.25) is 4.68 Å². The van der Waals surface area contributed by atoms with E-state index in [1.807, 2.05) is 23.7 Å². The topological polar surface area (TPSA) is 52.2 Å². The lowest BCUT2D eigenvalue weighted by atomic mass is 10.1. The fourth-order valence-corrected chi connectivity index (χ4v) is 2.31.